The summed E-state index contributed by atoms with van der Waals surface area (Å²) in [7, 11) is 0. The zero-order valence-electron chi connectivity index (χ0n) is 13.9. The quantitative estimate of drug-likeness (QED) is 0.456. The molecule has 0 aliphatic heterocycles. The molecule has 0 saturated heterocycles. The molecule has 0 radical (unpaired) electrons. The van der Waals surface area contributed by atoms with Crippen LogP contribution < -0.4 is 5.56 Å². The van der Waals surface area contributed by atoms with Crippen molar-refractivity contribution in [2.24, 2.45) is 0 Å². The Morgan fingerprint density at radius 3 is 2.78 bits per heavy atom. The topological polar surface area (TPSA) is 73.8 Å². The average Bonchev–Trinajstić information content (AvgIpc) is 3.45. The summed E-state index contributed by atoms with van der Waals surface area (Å²) in [5, 5.41) is 5.93. The molecular weight excluding hydrogens is 380 g/mol. The minimum absolute atomic E-state index is 0.108. The summed E-state index contributed by atoms with van der Waals surface area (Å²) in [6.45, 7) is 0.193. The first-order chi connectivity index (χ1) is 13.3. The molecule has 0 N–H and O–H groups in total. The Morgan fingerprint density at radius 1 is 1.07 bits per heavy atom. The molecular formula is C19H12N4O2S2. The van der Waals surface area contributed by atoms with Gasteiger partial charge in [0.05, 0.1) is 16.7 Å². The average molecular weight is 392 g/mol. The molecule has 5 aromatic rings. The molecule has 132 valence electrons. The van der Waals surface area contributed by atoms with E-state index in [1.807, 2.05) is 53.9 Å². The van der Waals surface area contributed by atoms with Gasteiger partial charge in [0.2, 0.25) is 11.7 Å². The fourth-order valence-corrected chi connectivity index (χ4v) is 4.49. The van der Waals surface area contributed by atoms with Gasteiger partial charge in [0.15, 0.2) is 0 Å². The van der Waals surface area contributed by atoms with Gasteiger partial charge in [-0.1, -0.05) is 41.6 Å². The van der Waals surface area contributed by atoms with E-state index in [0.717, 1.165) is 15.3 Å². The third kappa shape index (κ3) is 2.98. The third-order valence-electron chi connectivity index (χ3n) is 4.08. The number of hydrogen-bond donors (Lipinski definition) is 0. The summed E-state index contributed by atoms with van der Waals surface area (Å²) >= 11 is 2.98. The van der Waals surface area contributed by atoms with Crippen LogP contribution in [-0.4, -0.2) is 19.7 Å². The Balaban J connectivity index is 1.49. The fraction of sp³-hybridized carbons (Fsp3) is 0.0526. The molecule has 1 aromatic carbocycles. The molecule has 0 atom stereocenters. The van der Waals surface area contributed by atoms with E-state index in [2.05, 4.69) is 15.1 Å². The van der Waals surface area contributed by atoms with Crippen LogP contribution in [0.5, 0.6) is 0 Å². The van der Waals surface area contributed by atoms with Crippen molar-refractivity contribution in [2.75, 3.05) is 0 Å². The zero-order chi connectivity index (χ0) is 18.2. The van der Waals surface area contributed by atoms with Crippen LogP contribution >= 0.6 is 22.7 Å². The summed E-state index contributed by atoms with van der Waals surface area (Å²) in [6.07, 6.45) is 1.53. The van der Waals surface area contributed by atoms with Crippen molar-refractivity contribution in [3.8, 4) is 21.1 Å². The number of hydrogen-bond acceptors (Lipinski definition) is 7. The molecule has 0 aliphatic carbocycles. The van der Waals surface area contributed by atoms with Crippen LogP contribution in [-0.2, 0) is 6.54 Å². The normalized spacial score (nSPS) is 11.3. The lowest BCUT2D eigenvalue weighted by atomic mass is 10.2. The van der Waals surface area contributed by atoms with Crippen molar-refractivity contribution in [1.82, 2.24) is 19.7 Å². The van der Waals surface area contributed by atoms with Gasteiger partial charge in [-0.2, -0.15) is 4.98 Å². The summed E-state index contributed by atoms with van der Waals surface area (Å²) in [6, 6.07) is 15.8. The Hall–Kier alpha value is -3.10. The van der Waals surface area contributed by atoms with Gasteiger partial charge in [-0.05, 0) is 23.1 Å². The fourth-order valence-electron chi connectivity index (χ4n) is 2.77. The predicted molar refractivity (Wildman–Crippen MR) is 106 cm³/mol. The van der Waals surface area contributed by atoms with Gasteiger partial charge in [0, 0.05) is 4.88 Å². The van der Waals surface area contributed by atoms with Crippen molar-refractivity contribution in [3.63, 3.8) is 0 Å². The second kappa shape index (κ2) is 6.57. The molecule has 0 unspecified atom stereocenters. The number of aromatic nitrogens is 4. The minimum Gasteiger partial charge on any atom is -0.337 e. The lowest BCUT2D eigenvalue weighted by molar-refractivity contribution is 0.370. The number of benzene rings is 1. The zero-order valence-corrected chi connectivity index (χ0v) is 15.5. The maximum Gasteiger partial charge on any atom is 0.271 e. The van der Waals surface area contributed by atoms with E-state index in [0.29, 0.717) is 21.9 Å². The molecule has 0 bridgehead atoms. The molecule has 0 saturated carbocycles. The molecule has 4 heterocycles. The molecule has 0 amide bonds. The number of rotatable bonds is 4. The SMILES string of the molecule is O=c1c2sc(-c3ccccc3)cc2ncn1Cc1nc(-c2cccs2)no1. The Morgan fingerprint density at radius 2 is 1.96 bits per heavy atom. The van der Waals surface area contributed by atoms with Crippen LogP contribution in [0.3, 0.4) is 0 Å². The molecule has 0 aliphatic rings. The second-order valence-corrected chi connectivity index (χ2v) is 7.86. The van der Waals surface area contributed by atoms with E-state index in [9.17, 15) is 4.79 Å². The van der Waals surface area contributed by atoms with E-state index in [1.54, 1.807) is 0 Å². The van der Waals surface area contributed by atoms with Crippen LogP contribution in [0.25, 0.3) is 31.4 Å². The van der Waals surface area contributed by atoms with Crippen LogP contribution in [0, 0.1) is 0 Å². The molecule has 8 heteroatoms. The smallest absolute Gasteiger partial charge is 0.271 e. The first kappa shape index (κ1) is 16.1. The summed E-state index contributed by atoms with van der Waals surface area (Å²) < 4.78 is 7.41. The lowest BCUT2D eigenvalue weighted by Gasteiger charge is -2.00. The predicted octanol–water partition coefficient (Wildman–Crippen LogP) is 4.28. The van der Waals surface area contributed by atoms with Gasteiger partial charge >= 0.3 is 0 Å². The van der Waals surface area contributed by atoms with Crippen LogP contribution in [0.15, 0.2) is 69.6 Å². The van der Waals surface area contributed by atoms with Crippen molar-refractivity contribution in [1.29, 1.82) is 0 Å². The van der Waals surface area contributed by atoms with Crippen molar-refractivity contribution >= 4 is 32.9 Å². The maximum absolute atomic E-state index is 12.9. The Labute approximate surface area is 161 Å². The maximum atomic E-state index is 12.9. The Bertz CT molecular complexity index is 1270. The van der Waals surface area contributed by atoms with Crippen LogP contribution in [0.1, 0.15) is 5.89 Å². The number of fused-ring (bicyclic) bond motifs is 1. The highest BCUT2D eigenvalue weighted by molar-refractivity contribution is 7.22. The van der Waals surface area contributed by atoms with Crippen molar-refractivity contribution in [3.05, 3.63) is 76.5 Å². The van der Waals surface area contributed by atoms with Gasteiger partial charge in [-0.25, -0.2) is 4.98 Å². The standard InChI is InChI=1S/C19H12N4O2S2/c24-19-17-13(9-15(27-17)12-5-2-1-3-6-12)20-11-23(19)10-16-21-18(22-25-16)14-7-4-8-26-14/h1-9,11H,10H2. The Kier molecular flexibility index (Phi) is 3.92. The van der Waals surface area contributed by atoms with Gasteiger partial charge in [0.1, 0.15) is 11.2 Å². The summed E-state index contributed by atoms with van der Waals surface area (Å²) in [5.41, 5.74) is 1.66. The van der Waals surface area contributed by atoms with E-state index >= 15 is 0 Å². The van der Waals surface area contributed by atoms with Crippen molar-refractivity contribution < 1.29 is 4.52 Å². The molecule has 0 fully saturated rings. The van der Waals surface area contributed by atoms with Gasteiger partial charge in [-0.3, -0.25) is 9.36 Å². The largest absolute Gasteiger partial charge is 0.337 e. The first-order valence-electron chi connectivity index (χ1n) is 8.19. The molecule has 5 rings (SSSR count). The van der Waals surface area contributed by atoms with E-state index in [-0.39, 0.29) is 12.1 Å². The monoisotopic (exact) mass is 392 g/mol. The van der Waals surface area contributed by atoms with Crippen molar-refractivity contribution in [2.45, 2.75) is 6.54 Å². The molecule has 0 spiro atoms. The second-order valence-electron chi connectivity index (χ2n) is 5.86. The van der Waals surface area contributed by atoms with E-state index in [4.69, 9.17) is 4.52 Å². The van der Waals surface area contributed by atoms with Crippen LogP contribution in [0.4, 0.5) is 0 Å². The van der Waals surface area contributed by atoms with E-state index in [1.165, 1.54) is 33.6 Å². The third-order valence-corrected chi connectivity index (χ3v) is 6.10. The minimum atomic E-state index is -0.108. The summed E-state index contributed by atoms with van der Waals surface area (Å²) in [5.74, 6) is 0.908. The summed E-state index contributed by atoms with van der Waals surface area (Å²) in [4.78, 5) is 23.6. The van der Waals surface area contributed by atoms with Gasteiger partial charge in [-0.15, -0.1) is 22.7 Å². The highest BCUT2D eigenvalue weighted by Crippen LogP contribution is 2.30. The number of thiophene rings is 2. The highest BCUT2D eigenvalue weighted by atomic mass is 32.1. The van der Waals surface area contributed by atoms with E-state index < -0.39 is 0 Å². The molecule has 6 nitrogen and oxygen atoms in total. The molecule has 4 aromatic heterocycles. The van der Waals surface area contributed by atoms with Gasteiger partial charge in [0.25, 0.3) is 5.56 Å². The highest BCUT2D eigenvalue weighted by Gasteiger charge is 2.14. The number of nitrogens with zero attached hydrogens (tertiary/aromatic N) is 4. The van der Waals surface area contributed by atoms with Crippen LogP contribution in [0.2, 0.25) is 0 Å². The molecule has 27 heavy (non-hydrogen) atoms. The van der Waals surface area contributed by atoms with Gasteiger partial charge < -0.3 is 4.52 Å². The lowest BCUT2D eigenvalue weighted by Crippen LogP contribution is -2.20. The first-order valence-corrected chi connectivity index (χ1v) is 9.88.